The molecule has 3 aromatic carbocycles. The summed E-state index contributed by atoms with van der Waals surface area (Å²) in [7, 11) is -3.86. The monoisotopic (exact) mass is 502 g/mol. The van der Waals surface area contributed by atoms with Crippen LogP contribution in [0.5, 0.6) is 0 Å². The Morgan fingerprint density at radius 1 is 0.800 bits per heavy atom. The van der Waals surface area contributed by atoms with E-state index >= 15 is 0 Å². The highest BCUT2D eigenvalue weighted by Crippen LogP contribution is 2.36. The van der Waals surface area contributed by atoms with Crippen LogP contribution in [-0.4, -0.2) is 46.0 Å². The molecule has 1 saturated heterocycles. The number of para-hydroxylation sites is 1. The molecule has 0 aliphatic carbocycles. The smallest absolute Gasteiger partial charge is 0.369 e. The summed E-state index contributed by atoms with van der Waals surface area (Å²) in [6.45, 7) is 4.16. The molecule has 0 saturated carbocycles. The first-order valence-corrected chi connectivity index (χ1v) is 13.3. The van der Waals surface area contributed by atoms with E-state index in [0.717, 1.165) is 38.3 Å². The summed E-state index contributed by atoms with van der Waals surface area (Å²) < 4.78 is 67.0. The quantitative estimate of drug-likeness (QED) is 0.389. The first-order valence-electron chi connectivity index (χ1n) is 11.7. The van der Waals surface area contributed by atoms with Gasteiger partial charge in [0.2, 0.25) is 0 Å². The van der Waals surface area contributed by atoms with E-state index in [1.165, 1.54) is 30.0 Å². The highest BCUT2D eigenvalue weighted by molar-refractivity contribution is 7.91. The van der Waals surface area contributed by atoms with Gasteiger partial charge in [0, 0.05) is 31.9 Å². The molecule has 186 valence electrons. The average molecular weight is 503 g/mol. The fraction of sp³-hybridized carbons (Fsp3) is 0.333. The third kappa shape index (κ3) is 6.24. The summed E-state index contributed by atoms with van der Waals surface area (Å²) >= 11 is 0. The molecule has 0 bridgehead atoms. The van der Waals surface area contributed by atoms with E-state index in [1.54, 1.807) is 18.2 Å². The molecule has 1 unspecified atom stereocenters. The summed E-state index contributed by atoms with van der Waals surface area (Å²) in [5, 5.41) is -1.04. The van der Waals surface area contributed by atoms with Crippen LogP contribution in [0.15, 0.2) is 89.8 Å². The van der Waals surface area contributed by atoms with E-state index in [4.69, 9.17) is 0 Å². The van der Waals surface area contributed by atoms with Crippen molar-refractivity contribution in [3.05, 3.63) is 96.1 Å². The van der Waals surface area contributed by atoms with Gasteiger partial charge in [-0.1, -0.05) is 54.6 Å². The van der Waals surface area contributed by atoms with Gasteiger partial charge in [-0.3, -0.25) is 4.90 Å². The standard InChI is InChI=1S/C27H29F3N2O2S/c28-27(29,30)23-10-7-9-22(21-23)26(35(33,34)25-13-5-2-6-14-25)15-8-16-31-17-19-32(20-18-31)24-11-3-1-4-12-24/h1-7,9-14,21,26H,8,15-20H2. The number of alkyl halides is 3. The third-order valence-electron chi connectivity index (χ3n) is 6.47. The van der Waals surface area contributed by atoms with Crippen molar-refractivity contribution in [2.45, 2.75) is 29.2 Å². The van der Waals surface area contributed by atoms with Crippen molar-refractivity contribution in [2.24, 2.45) is 0 Å². The van der Waals surface area contributed by atoms with Gasteiger partial charge in [-0.25, -0.2) is 8.42 Å². The molecule has 1 aliphatic heterocycles. The van der Waals surface area contributed by atoms with Crippen LogP contribution >= 0.6 is 0 Å². The molecule has 1 atom stereocenters. The number of sulfone groups is 1. The van der Waals surface area contributed by atoms with Crippen molar-refractivity contribution in [1.82, 2.24) is 4.90 Å². The molecule has 1 fully saturated rings. The van der Waals surface area contributed by atoms with Gasteiger partial charge < -0.3 is 4.90 Å². The van der Waals surface area contributed by atoms with Crippen LogP contribution < -0.4 is 4.90 Å². The van der Waals surface area contributed by atoms with Gasteiger partial charge in [-0.2, -0.15) is 13.2 Å². The Morgan fingerprint density at radius 2 is 1.43 bits per heavy atom. The zero-order valence-corrected chi connectivity index (χ0v) is 20.2. The lowest BCUT2D eigenvalue weighted by atomic mass is 10.0. The highest BCUT2D eigenvalue weighted by atomic mass is 32.2. The molecular formula is C27H29F3N2O2S. The van der Waals surface area contributed by atoms with E-state index in [2.05, 4.69) is 21.9 Å². The number of benzene rings is 3. The number of hydrogen-bond acceptors (Lipinski definition) is 4. The number of rotatable bonds is 8. The lowest BCUT2D eigenvalue weighted by Gasteiger charge is -2.36. The maximum absolute atomic E-state index is 13.5. The van der Waals surface area contributed by atoms with Crippen LogP contribution in [0, 0.1) is 0 Å². The molecule has 8 heteroatoms. The van der Waals surface area contributed by atoms with Crippen LogP contribution in [0.2, 0.25) is 0 Å². The topological polar surface area (TPSA) is 40.6 Å². The second-order valence-corrected chi connectivity index (χ2v) is 10.9. The Labute approximate surface area is 204 Å². The molecule has 0 amide bonds. The fourth-order valence-corrected chi connectivity index (χ4v) is 6.41. The third-order valence-corrected chi connectivity index (χ3v) is 8.65. The van der Waals surface area contributed by atoms with Gasteiger partial charge in [0.05, 0.1) is 15.7 Å². The Bertz CT molecular complexity index is 1190. The molecule has 0 spiro atoms. The zero-order chi connectivity index (χ0) is 24.9. The van der Waals surface area contributed by atoms with Gasteiger partial charge in [0.1, 0.15) is 0 Å². The summed E-state index contributed by atoms with van der Waals surface area (Å²) in [5.41, 5.74) is 0.531. The fourth-order valence-electron chi connectivity index (χ4n) is 4.56. The second-order valence-electron chi connectivity index (χ2n) is 8.78. The van der Waals surface area contributed by atoms with Crippen molar-refractivity contribution in [2.75, 3.05) is 37.6 Å². The van der Waals surface area contributed by atoms with Crippen LogP contribution in [0.1, 0.15) is 29.2 Å². The van der Waals surface area contributed by atoms with E-state index in [0.29, 0.717) is 13.0 Å². The van der Waals surface area contributed by atoms with Crippen LogP contribution in [-0.2, 0) is 16.0 Å². The molecule has 0 N–H and O–H groups in total. The summed E-state index contributed by atoms with van der Waals surface area (Å²) in [4.78, 5) is 4.73. The van der Waals surface area contributed by atoms with E-state index in [-0.39, 0.29) is 16.9 Å². The molecule has 0 radical (unpaired) electrons. The number of hydrogen-bond donors (Lipinski definition) is 0. The SMILES string of the molecule is O=S(=O)(c1ccccc1)C(CCCN1CCN(c2ccccc2)CC1)c1cccc(C(F)(F)F)c1. The summed E-state index contributed by atoms with van der Waals surface area (Å²) in [5.74, 6) is 0. The summed E-state index contributed by atoms with van der Waals surface area (Å²) in [6.07, 6.45) is -3.72. The highest BCUT2D eigenvalue weighted by Gasteiger charge is 2.34. The Hall–Kier alpha value is -2.84. The molecule has 1 aliphatic rings. The van der Waals surface area contributed by atoms with Gasteiger partial charge in [0.25, 0.3) is 0 Å². The van der Waals surface area contributed by atoms with Gasteiger partial charge in [-0.05, 0) is 55.3 Å². The number of anilines is 1. The second kappa shape index (κ2) is 10.8. The van der Waals surface area contributed by atoms with Gasteiger partial charge in [-0.15, -0.1) is 0 Å². The lowest BCUT2D eigenvalue weighted by Crippen LogP contribution is -2.46. The Balaban J connectivity index is 1.46. The molecule has 4 nitrogen and oxygen atoms in total. The predicted molar refractivity (Wildman–Crippen MR) is 132 cm³/mol. The molecule has 35 heavy (non-hydrogen) atoms. The van der Waals surface area contributed by atoms with E-state index < -0.39 is 26.8 Å². The zero-order valence-electron chi connectivity index (χ0n) is 19.4. The predicted octanol–water partition coefficient (Wildman–Crippen LogP) is 5.82. The first kappa shape index (κ1) is 25.3. The first-order chi connectivity index (χ1) is 16.7. The maximum atomic E-state index is 13.5. The van der Waals surface area contributed by atoms with E-state index in [9.17, 15) is 21.6 Å². The lowest BCUT2D eigenvalue weighted by molar-refractivity contribution is -0.137. The van der Waals surface area contributed by atoms with Crippen LogP contribution in [0.3, 0.4) is 0 Å². The minimum absolute atomic E-state index is 0.124. The van der Waals surface area contributed by atoms with Crippen LogP contribution in [0.4, 0.5) is 18.9 Å². The van der Waals surface area contributed by atoms with Crippen molar-refractivity contribution in [3.63, 3.8) is 0 Å². The van der Waals surface area contributed by atoms with Crippen molar-refractivity contribution >= 4 is 15.5 Å². The van der Waals surface area contributed by atoms with Crippen molar-refractivity contribution in [1.29, 1.82) is 0 Å². The molecule has 1 heterocycles. The average Bonchev–Trinajstić information content (AvgIpc) is 2.87. The summed E-state index contributed by atoms with van der Waals surface area (Å²) in [6, 6.07) is 22.9. The molecule has 4 rings (SSSR count). The minimum atomic E-state index is -4.53. The number of piperazine rings is 1. The number of nitrogens with zero attached hydrogens (tertiary/aromatic N) is 2. The Morgan fingerprint density at radius 3 is 2.06 bits per heavy atom. The molecular weight excluding hydrogens is 473 g/mol. The van der Waals surface area contributed by atoms with Crippen LogP contribution in [0.25, 0.3) is 0 Å². The maximum Gasteiger partial charge on any atom is 0.416 e. The van der Waals surface area contributed by atoms with Crippen molar-refractivity contribution in [3.8, 4) is 0 Å². The van der Waals surface area contributed by atoms with Gasteiger partial charge in [0.15, 0.2) is 9.84 Å². The molecule has 0 aromatic heterocycles. The minimum Gasteiger partial charge on any atom is -0.369 e. The van der Waals surface area contributed by atoms with E-state index in [1.807, 2.05) is 18.2 Å². The largest absolute Gasteiger partial charge is 0.416 e. The van der Waals surface area contributed by atoms with Gasteiger partial charge >= 0.3 is 6.18 Å². The Kier molecular flexibility index (Phi) is 7.82. The molecule has 3 aromatic rings. The van der Waals surface area contributed by atoms with Crippen molar-refractivity contribution < 1.29 is 21.6 Å². The number of halogens is 3. The normalized spacial score (nSPS) is 16.3.